The molecule has 0 radical (unpaired) electrons. The Morgan fingerprint density at radius 2 is 1.84 bits per heavy atom. The summed E-state index contributed by atoms with van der Waals surface area (Å²) in [5.41, 5.74) is -0.556. The minimum absolute atomic E-state index is 0.147. The normalized spacial score (nSPS) is 14.8. The summed E-state index contributed by atoms with van der Waals surface area (Å²) in [6.45, 7) is 2.82. The maximum atomic E-state index is 12.2. The molecule has 0 atom stereocenters. The first-order valence-electron chi connectivity index (χ1n) is 5.63. The van der Waals surface area contributed by atoms with Crippen LogP contribution in [0.5, 0.6) is 0 Å². The summed E-state index contributed by atoms with van der Waals surface area (Å²) in [6, 6.07) is 4.81. The molecule has 0 aliphatic carbocycles. The van der Waals surface area contributed by atoms with E-state index in [1.54, 1.807) is 18.2 Å². The van der Waals surface area contributed by atoms with Crippen molar-refractivity contribution in [2.45, 2.75) is 13.8 Å². The van der Waals surface area contributed by atoms with Crippen LogP contribution in [0.15, 0.2) is 22.7 Å². The van der Waals surface area contributed by atoms with Gasteiger partial charge in [-0.25, -0.2) is 0 Å². The SMILES string of the molecule is CC(C)(CN1C(=O)c2ccc(Br)cc2C1=O)C(=O)O. The second-order valence-electron chi connectivity index (χ2n) is 5.08. The number of carboxylic acid groups (broad SMARTS) is 1. The molecule has 1 aromatic rings. The molecular formula is C13H12BrNO4. The smallest absolute Gasteiger partial charge is 0.310 e. The zero-order chi connectivity index (χ0) is 14.4. The summed E-state index contributed by atoms with van der Waals surface area (Å²) in [5.74, 6) is -1.94. The van der Waals surface area contributed by atoms with Crippen molar-refractivity contribution < 1.29 is 19.5 Å². The van der Waals surface area contributed by atoms with Gasteiger partial charge in [-0.15, -0.1) is 0 Å². The van der Waals surface area contributed by atoms with E-state index in [0.717, 1.165) is 4.90 Å². The summed E-state index contributed by atoms with van der Waals surface area (Å²) in [5, 5.41) is 9.08. The Hall–Kier alpha value is -1.69. The number of imide groups is 1. The van der Waals surface area contributed by atoms with Gasteiger partial charge in [0.15, 0.2) is 0 Å². The molecule has 2 rings (SSSR count). The van der Waals surface area contributed by atoms with Crippen LogP contribution in [0.3, 0.4) is 0 Å². The lowest BCUT2D eigenvalue weighted by atomic mass is 9.93. The van der Waals surface area contributed by atoms with E-state index in [1.807, 2.05) is 0 Å². The Morgan fingerprint density at radius 1 is 1.26 bits per heavy atom. The molecule has 100 valence electrons. The predicted molar refractivity (Wildman–Crippen MR) is 70.9 cm³/mol. The molecule has 1 aliphatic rings. The molecule has 5 nitrogen and oxygen atoms in total. The van der Waals surface area contributed by atoms with E-state index in [-0.39, 0.29) is 6.54 Å². The van der Waals surface area contributed by atoms with Gasteiger partial charge < -0.3 is 5.11 Å². The van der Waals surface area contributed by atoms with Crippen LogP contribution in [-0.4, -0.2) is 34.3 Å². The largest absolute Gasteiger partial charge is 0.481 e. The second kappa shape index (κ2) is 4.45. The number of hydrogen-bond acceptors (Lipinski definition) is 3. The van der Waals surface area contributed by atoms with Crippen LogP contribution < -0.4 is 0 Å². The lowest BCUT2D eigenvalue weighted by molar-refractivity contribution is -0.147. The van der Waals surface area contributed by atoms with Gasteiger partial charge >= 0.3 is 5.97 Å². The van der Waals surface area contributed by atoms with Crippen molar-refractivity contribution in [2.24, 2.45) is 5.41 Å². The van der Waals surface area contributed by atoms with Gasteiger partial charge in [-0.1, -0.05) is 15.9 Å². The van der Waals surface area contributed by atoms with Gasteiger partial charge in [0, 0.05) is 11.0 Å². The van der Waals surface area contributed by atoms with Gasteiger partial charge in [-0.05, 0) is 32.0 Å². The summed E-state index contributed by atoms with van der Waals surface area (Å²) >= 11 is 3.24. The Balaban J connectivity index is 2.36. The summed E-state index contributed by atoms with van der Waals surface area (Å²) in [4.78, 5) is 36.4. The van der Waals surface area contributed by atoms with Crippen molar-refractivity contribution in [2.75, 3.05) is 6.54 Å². The van der Waals surface area contributed by atoms with Gasteiger partial charge in [0.2, 0.25) is 0 Å². The number of fused-ring (bicyclic) bond motifs is 1. The summed E-state index contributed by atoms with van der Waals surface area (Å²) in [7, 11) is 0. The first kappa shape index (κ1) is 13.7. The highest BCUT2D eigenvalue weighted by molar-refractivity contribution is 9.10. The van der Waals surface area contributed by atoms with Crippen molar-refractivity contribution in [3.05, 3.63) is 33.8 Å². The monoisotopic (exact) mass is 325 g/mol. The van der Waals surface area contributed by atoms with E-state index in [1.165, 1.54) is 13.8 Å². The number of carbonyl (C=O) groups is 3. The average molecular weight is 326 g/mol. The number of carboxylic acids is 1. The first-order valence-corrected chi connectivity index (χ1v) is 6.42. The van der Waals surface area contributed by atoms with Gasteiger partial charge in [0.25, 0.3) is 11.8 Å². The second-order valence-corrected chi connectivity index (χ2v) is 5.99. The maximum Gasteiger partial charge on any atom is 0.310 e. The highest BCUT2D eigenvalue weighted by Crippen LogP contribution is 2.29. The van der Waals surface area contributed by atoms with E-state index in [0.29, 0.717) is 15.6 Å². The van der Waals surface area contributed by atoms with Crippen molar-refractivity contribution in [1.82, 2.24) is 4.90 Å². The van der Waals surface area contributed by atoms with Gasteiger partial charge in [0.05, 0.1) is 16.5 Å². The third kappa shape index (κ3) is 2.28. The minimum atomic E-state index is -1.18. The van der Waals surface area contributed by atoms with E-state index in [9.17, 15) is 14.4 Å². The molecule has 0 bridgehead atoms. The summed E-state index contributed by atoms with van der Waals surface area (Å²) < 4.78 is 0.701. The Morgan fingerprint density at radius 3 is 2.42 bits per heavy atom. The van der Waals surface area contributed by atoms with Crippen LogP contribution in [0.4, 0.5) is 0 Å². The van der Waals surface area contributed by atoms with Crippen molar-refractivity contribution in [1.29, 1.82) is 0 Å². The Bertz CT molecular complexity index is 594. The van der Waals surface area contributed by atoms with E-state index >= 15 is 0 Å². The molecule has 1 heterocycles. The molecule has 2 amide bonds. The van der Waals surface area contributed by atoms with Crippen LogP contribution in [0.1, 0.15) is 34.6 Å². The fourth-order valence-corrected chi connectivity index (χ4v) is 2.23. The third-order valence-electron chi connectivity index (χ3n) is 3.07. The molecule has 0 fully saturated rings. The van der Waals surface area contributed by atoms with E-state index in [4.69, 9.17) is 5.11 Å². The highest BCUT2D eigenvalue weighted by Gasteiger charge is 2.41. The van der Waals surface area contributed by atoms with E-state index in [2.05, 4.69) is 15.9 Å². The molecule has 0 aromatic heterocycles. The van der Waals surface area contributed by atoms with Crippen molar-refractivity contribution >= 4 is 33.7 Å². The quantitative estimate of drug-likeness (QED) is 0.864. The van der Waals surface area contributed by atoms with Crippen LogP contribution in [-0.2, 0) is 4.79 Å². The number of aliphatic carboxylic acids is 1. The topological polar surface area (TPSA) is 74.7 Å². The predicted octanol–water partition coefficient (Wildman–Crippen LogP) is 2.16. The van der Waals surface area contributed by atoms with Crippen LogP contribution in [0, 0.1) is 5.41 Å². The minimum Gasteiger partial charge on any atom is -0.481 e. The zero-order valence-corrected chi connectivity index (χ0v) is 12.0. The number of carbonyl (C=O) groups excluding carboxylic acids is 2. The number of benzene rings is 1. The molecule has 1 N–H and O–H groups in total. The highest BCUT2D eigenvalue weighted by atomic mass is 79.9. The van der Waals surface area contributed by atoms with Crippen LogP contribution in [0.2, 0.25) is 0 Å². The molecule has 1 aromatic carbocycles. The maximum absolute atomic E-state index is 12.2. The number of rotatable bonds is 3. The molecule has 0 saturated carbocycles. The molecule has 19 heavy (non-hydrogen) atoms. The number of hydrogen-bond donors (Lipinski definition) is 1. The Kier molecular flexibility index (Phi) is 3.22. The van der Waals surface area contributed by atoms with Crippen LogP contribution >= 0.6 is 15.9 Å². The first-order chi connectivity index (χ1) is 8.74. The molecule has 0 unspecified atom stereocenters. The average Bonchev–Trinajstić information content (AvgIpc) is 2.54. The lowest BCUT2D eigenvalue weighted by Crippen LogP contribution is -2.42. The third-order valence-corrected chi connectivity index (χ3v) is 3.56. The zero-order valence-electron chi connectivity index (χ0n) is 10.4. The van der Waals surface area contributed by atoms with E-state index < -0.39 is 23.2 Å². The summed E-state index contributed by atoms with van der Waals surface area (Å²) in [6.07, 6.45) is 0. The lowest BCUT2D eigenvalue weighted by Gasteiger charge is -2.24. The fraction of sp³-hybridized carbons (Fsp3) is 0.308. The van der Waals surface area contributed by atoms with Gasteiger partial charge in [-0.2, -0.15) is 0 Å². The van der Waals surface area contributed by atoms with Crippen molar-refractivity contribution in [3.63, 3.8) is 0 Å². The van der Waals surface area contributed by atoms with Gasteiger partial charge in [-0.3, -0.25) is 19.3 Å². The molecule has 6 heteroatoms. The standard InChI is InChI=1S/C13H12BrNO4/c1-13(2,12(18)19)6-15-10(16)8-4-3-7(14)5-9(8)11(15)17/h3-5H,6H2,1-2H3,(H,18,19). The van der Waals surface area contributed by atoms with Crippen molar-refractivity contribution in [3.8, 4) is 0 Å². The fourth-order valence-electron chi connectivity index (χ4n) is 1.87. The molecule has 0 saturated heterocycles. The molecular weight excluding hydrogens is 314 g/mol. The number of halogens is 1. The number of amides is 2. The number of nitrogens with zero attached hydrogens (tertiary/aromatic N) is 1. The van der Waals surface area contributed by atoms with Crippen LogP contribution in [0.25, 0.3) is 0 Å². The van der Waals surface area contributed by atoms with Gasteiger partial charge in [0.1, 0.15) is 0 Å². The molecule has 1 aliphatic heterocycles. The molecule has 0 spiro atoms. The Labute approximate surface area is 118 Å².